The zero-order chi connectivity index (χ0) is 35.7. The Morgan fingerprint density at radius 1 is 0.820 bits per heavy atom. The molecule has 0 spiro atoms. The molecule has 0 aliphatic heterocycles. The summed E-state index contributed by atoms with van der Waals surface area (Å²) in [5, 5.41) is 0. The van der Waals surface area contributed by atoms with Gasteiger partial charge in [-0.3, -0.25) is 9.59 Å². The Kier molecular flexibility index (Phi) is 14.8. The number of hydrogen-bond acceptors (Lipinski definition) is 8. The fraction of sp³-hybridized carbons (Fsp3) is 0.333. The van der Waals surface area contributed by atoms with E-state index >= 15 is 0 Å². The minimum Gasteiger partial charge on any atom is -0.493 e. The summed E-state index contributed by atoms with van der Waals surface area (Å²) in [6.45, 7) is 10.1. The summed E-state index contributed by atoms with van der Waals surface area (Å²) in [6.07, 6.45) is 12.8. The van der Waals surface area contributed by atoms with Crippen LogP contribution in [0.25, 0.3) is 17.2 Å². The molecule has 50 heavy (non-hydrogen) atoms. The molecule has 3 aromatic carbocycles. The van der Waals surface area contributed by atoms with Crippen molar-refractivity contribution in [1.82, 2.24) is 0 Å². The highest BCUT2D eigenvalue weighted by atomic mass is 16.5. The molecule has 4 rings (SSSR count). The van der Waals surface area contributed by atoms with Crippen LogP contribution in [-0.4, -0.2) is 43.0 Å². The van der Waals surface area contributed by atoms with Crippen LogP contribution < -0.4 is 9.47 Å². The first-order valence-corrected chi connectivity index (χ1v) is 17.3. The molecule has 8 heteroatoms. The van der Waals surface area contributed by atoms with Crippen LogP contribution in [0.2, 0.25) is 0 Å². The fourth-order valence-corrected chi connectivity index (χ4v) is 5.54. The summed E-state index contributed by atoms with van der Waals surface area (Å²) in [4.78, 5) is 48.5. The number of unbranched alkanes of at least 4 members (excludes halogenated alkanes) is 3. The summed E-state index contributed by atoms with van der Waals surface area (Å²) in [6, 6.07) is 20.3. The van der Waals surface area contributed by atoms with E-state index in [0.717, 1.165) is 85.8 Å². The van der Waals surface area contributed by atoms with Crippen LogP contribution in [-0.2, 0) is 23.9 Å². The summed E-state index contributed by atoms with van der Waals surface area (Å²) >= 11 is 0. The number of hydrogen-bond donors (Lipinski definition) is 0. The van der Waals surface area contributed by atoms with Crippen molar-refractivity contribution in [2.45, 2.75) is 77.2 Å². The van der Waals surface area contributed by atoms with E-state index in [-0.39, 0.29) is 35.6 Å². The Bertz CT molecular complexity index is 1660. The third-order valence-corrected chi connectivity index (χ3v) is 8.40. The van der Waals surface area contributed by atoms with Gasteiger partial charge in [-0.1, -0.05) is 56.0 Å². The van der Waals surface area contributed by atoms with Gasteiger partial charge < -0.3 is 18.9 Å². The Hall–Kier alpha value is -5.24. The number of ether oxygens (including phenoxy) is 4. The Morgan fingerprint density at radius 2 is 1.50 bits per heavy atom. The summed E-state index contributed by atoms with van der Waals surface area (Å²) in [5.74, 6) is -0.653. The van der Waals surface area contributed by atoms with Gasteiger partial charge in [0.15, 0.2) is 5.78 Å². The molecule has 0 bridgehead atoms. The quantitative estimate of drug-likeness (QED) is 0.0432. The van der Waals surface area contributed by atoms with E-state index in [1.165, 1.54) is 24.3 Å². The molecule has 0 atom stereocenters. The second-order valence-corrected chi connectivity index (χ2v) is 12.4. The molecule has 0 saturated heterocycles. The van der Waals surface area contributed by atoms with E-state index in [0.29, 0.717) is 18.8 Å². The van der Waals surface area contributed by atoms with Gasteiger partial charge in [0.25, 0.3) is 0 Å². The number of esters is 3. The van der Waals surface area contributed by atoms with Crippen LogP contribution in [0.1, 0.15) is 85.7 Å². The first-order chi connectivity index (χ1) is 24.2. The van der Waals surface area contributed by atoms with Crippen LogP contribution >= 0.6 is 0 Å². The van der Waals surface area contributed by atoms with E-state index in [4.69, 9.17) is 18.9 Å². The first-order valence-electron chi connectivity index (χ1n) is 17.3. The minimum atomic E-state index is -0.710. The number of carbonyl (C=O) groups is 4. The van der Waals surface area contributed by atoms with E-state index in [1.807, 2.05) is 43.3 Å². The Morgan fingerprint density at radius 3 is 2.18 bits per heavy atom. The van der Waals surface area contributed by atoms with Crippen LogP contribution in [0, 0.1) is 6.92 Å². The number of carbonyl (C=O) groups excluding carboxylic acids is 4. The van der Waals surface area contributed by atoms with Crippen molar-refractivity contribution in [3.8, 4) is 22.6 Å². The lowest BCUT2D eigenvalue weighted by Crippen LogP contribution is -2.22. The van der Waals surface area contributed by atoms with Crippen molar-refractivity contribution in [1.29, 1.82) is 0 Å². The van der Waals surface area contributed by atoms with E-state index in [2.05, 4.69) is 19.2 Å². The van der Waals surface area contributed by atoms with Gasteiger partial charge in [-0.05, 0) is 123 Å². The predicted molar refractivity (Wildman–Crippen MR) is 194 cm³/mol. The lowest BCUT2D eigenvalue weighted by Gasteiger charge is -2.21. The van der Waals surface area contributed by atoms with E-state index in [9.17, 15) is 19.2 Å². The van der Waals surface area contributed by atoms with Crippen molar-refractivity contribution in [2.75, 3.05) is 13.2 Å². The largest absolute Gasteiger partial charge is 0.493 e. The maximum Gasteiger partial charge on any atom is 0.339 e. The second kappa shape index (κ2) is 19.7. The zero-order valence-corrected chi connectivity index (χ0v) is 28.8. The topological polar surface area (TPSA) is 105 Å². The van der Waals surface area contributed by atoms with Gasteiger partial charge in [0.2, 0.25) is 0 Å². The first kappa shape index (κ1) is 37.6. The number of aryl methyl sites for hydroxylation is 1. The van der Waals surface area contributed by atoms with Crippen molar-refractivity contribution >= 4 is 29.8 Å². The molecular formula is C42H46O8. The van der Waals surface area contributed by atoms with Gasteiger partial charge in [-0.15, -0.1) is 0 Å². The van der Waals surface area contributed by atoms with Crippen LogP contribution in [0.15, 0.2) is 97.6 Å². The molecule has 3 aromatic rings. The molecule has 262 valence electrons. The normalized spacial score (nSPS) is 13.0. The standard InChI is InChI=1S/C42H46O8/c1-4-40(44)48-27-11-6-5-10-26-47-39-25-21-35(28-30(39)2)33-17-14-32(15-18-33)16-24-38(43)34-19-22-37(23-20-34)50-42(46)31(3)29-41(45)49-36-12-8-7-9-13-36/h4,14-25,28,36H,1,3,5-13,26-27,29H2,2H3/b24-16+. The van der Waals surface area contributed by atoms with E-state index < -0.39 is 11.9 Å². The minimum absolute atomic E-state index is 0.0164. The highest BCUT2D eigenvalue weighted by Crippen LogP contribution is 2.27. The van der Waals surface area contributed by atoms with Gasteiger partial charge >= 0.3 is 17.9 Å². The SMILES string of the molecule is C=CC(=O)OCCCCCCOc1ccc(-c2ccc(/C=C/C(=O)c3ccc(OC(=O)C(=C)CC(=O)OC4CCCCC4)cc3)cc2)cc1C. The molecule has 0 amide bonds. The molecule has 0 N–H and O–H groups in total. The molecule has 1 aliphatic rings. The second-order valence-electron chi connectivity index (χ2n) is 12.4. The third kappa shape index (κ3) is 12.3. The number of allylic oxidation sites excluding steroid dienone is 1. The van der Waals surface area contributed by atoms with Crippen molar-refractivity contribution in [2.24, 2.45) is 0 Å². The molecular weight excluding hydrogens is 632 g/mol. The van der Waals surface area contributed by atoms with Crippen molar-refractivity contribution in [3.63, 3.8) is 0 Å². The third-order valence-electron chi connectivity index (χ3n) is 8.40. The van der Waals surface area contributed by atoms with Gasteiger partial charge in [0, 0.05) is 17.2 Å². The summed E-state index contributed by atoms with van der Waals surface area (Å²) in [7, 11) is 0. The lowest BCUT2D eigenvalue weighted by molar-refractivity contribution is -0.150. The van der Waals surface area contributed by atoms with Crippen LogP contribution in [0.4, 0.5) is 0 Å². The smallest absolute Gasteiger partial charge is 0.339 e. The maximum absolute atomic E-state index is 12.8. The van der Waals surface area contributed by atoms with Gasteiger partial charge in [-0.25, -0.2) is 9.59 Å². The summed E-state index contributed by atoms with van der Waals surface area (Å²) < 4.78 is 21.8. The number of ketones is 1. The molecule has 1 fully saturated rings. The maximum atomic E-state index is 12.8. The molecule has 0 heterocycles. The van der Waals surface area contributed by atoms with Gasteiger partial charge in [-0.2, -0.15) is 0 Å². The average Bonchev–Trinajstić information content (AvgIpc) is 3.13. The number of rotatable bonds is 18. The monoisotopic (exact) mass is 678 g/mol. The highest BCUT2D eigenvalue weighted by Gasteiger charge is 2.21. The molecule has 0 radical (unpaired) electrons. The zero-order valence-electron chi connectivity index (χ0n) is 28.8. The van der Waals surface area contributed by atoms with Crippen molar-refractivity contribution in [3.05, 3.63) is 114 Å². The van der Waals surface area contributed by atoms with Crippen LogP contribution in [0.3, 0.4) is 0 Å². The van der Waals surface area contributed by atoms with Crippen LogP contribution in [0.5, 0.6) is 11.5 Å². The van der Waals surface area contributed by atoms with Crippen molar-refractivity contribution < 1.29 is 38.1 Å². The van der Waals surface area contributed by atoms with Gasteiger partial charge in [0.1, 0.15) is 17.6 Å². The molecule has 0 aromatic heterocycles. The summed E-state index contributed by atoms with van der Waals surface area (Å²) in [5.41, 5.74) is 4.51. The van der Waals surface area contributed by atoms with E-state index in [1.54, 1.807) is 18.2 Å². The highest BCUT2D eigenvalue weighted by molar-refractivity contribution is 6.07. The molecule has 8 nitrogen and oxygen atoms in total. The lowest BCUT2D eigenvalue weighted by atomic mass is 9.98. The average molecular weight is 679 g/mol. The van der Waals surface area contributed by atoms with Gasteiger partial charge in [0.05, 0.1) is 19.6 Å². The number of benzene rings is 3. The Balaban J connectivity index is 1.19. The molecule has 1 aliphatic carbocycles. The predicted octanol–water partition coefficient (Wildman–Crippen LogP) is 8.95. The Labute approximate surface area is 294 Å². The molecule has 1 saturated carbocycles. The molecule has 0 unspecified atom stereocenters. The fourth-order valence-electron chi connectivity index (χ4n) is 5.54.